The summed E-state index contributed by atoms with van der Waals surface area (Å²) in [4.78, 5) is 143. The van der Waals surface area contributed by atoms with Gasteiger partial charge in [-0.3, -0.25) is 38.4 Å². The molecule has 3 saturated heterocycles. The van der Waals surface area contributed by atoms with Crippen LogP contribution < -0.4 is 15.4 Å². The number of aliphatic hydroxyl groups excluding tert-OH is 3. The number of carbonyl (C=O) groups is 10. The summed E-state index contributed by atoms with van der Waals surface area (Å²) in [7, 11) is 7.86. The van der Waals surface area contributed by atoms with Crippen molar-refractivity contribution < 1.29 is 92.1 Å². The molecule has 6 rings (SSSR count). The van der Waals surface area contributed by atoms with E-state index in [-0.39, 0.29) is 97.3 Å². The summed E-state index contributed by atoms with van der Waals surface area (Å²) in [5.74, 6) is -8.68. The van der Waals surface area contributed by atoms with Gasteiger partial charge in [0.05, 0.1) is 47.9 Å². The molecule has 0 bridgehead atoms. The Morgan fingerprint density at radius 2 is 1.46 bits per heavy atom. The molecule has 0 saturated carbocycles. The van der Waals surface area contributed by atoms with Crippen LogP contribution in [-0.2, 0) is 68.7 Å². The minimum absolute atomic E-state index is 0.00264. The van der Waals surface area contributed by atoms with Crippen LogP contribution in [0.2, 0.25) is 0 Å². The first-order chi connectivity index (χ1) is 43.4. The van der Waals surface area contributed by atoms with Gasteiger partial charge >= 0.3 is 12.1 Å². The number of likely N-dealkylation sites (tertiary alicyclic amines) is 2. The quantitative estimate of drug-likeness (QED) is 0.0560. The van der Waals surface area contributed by atoms with Crippen LogP contribution in [-0.4, -0.2) is 221 Å². The Morgan fingerprint density at radius 1 is 0.804 bits per heavy atom. The number of ether oxygens (including phenoxy) is 5. The number of allylic oxidation sites excluding steroid dienone is 2. The van der Waals surface area contributed by atoms with Crippen molar-refractivity contribution in [1.29, 1.82) is 0 Å². The highest BCUT2D eigenvalue weighted by Gasteiger charge is 2.59. The van der Waals surface area contributed by atoms with Crippen molar-refractivity contribution in [1.82, 2.24) is 24.9 Å². The highest BCUT2D eigenvalue weighted by molar-refractivity contribution is 6.21. The first-order valence-electron chi connectivity index (χ1n) is 31.8. The minimum atomic E-state index is -2.04. The molecule has 2 aromatic carbocycles. The van der Waals surface area contributed by atoms with E-state index in [1.807, 2.05) is 71.9 Å². The van der Waals surface area contributed by atoms with Crippen molar-refractivity contribution in [2.45, 2.75) is 174 Å². The zero-order valence-corrected chi connectivity index (χ0v) is 55.3. The van der Waals surface area contributed by atoms with Crippen LogP contribution in [0.3, 0.4) is 0 Å². The molecule has 3 heterocycles. The van der Waals surface area contributed by atoms with E-state index in [1.165, 1.54) is 32.4 Å². The number of rotatable bonds is 32. The average Bonchev–Trinajstić information content (AvgIpc) is 1.42. The second-order valence-electron chi connectivity index (χ2n) is 26.1. The number of amides is 5. The first kappa shape index (κ1) is 74.0. The van der Waals surface area contributed by atoms with Crippen LogP contribution in [0, 0.1) is 40.9 Å². The number of carboxylic acid groups (broad SMARTS) is 1. The lowest BCUT2D eigenvalue weighted by molar-refractivity contribution is -0.271. The van der Waals surface area contributed by atoms with E-state index in [0.29, 0.717) is 25.8 Å². The number of ketones is 4. The zero-order chi connectivity index (χ0) is 68.2. The lowest BCUT2D eigenvalue weighted by atomic mass is 9.67. The van der Waals surface area contributed by atoms with Gasteiger partial charge in [-0.2, -0.15) is 0 Å². The summed E-state index contributed by atoms with van der Waals surface area (Å²) in [6.45, 7) is 15.0. The lowest BCUT2D eigenvalue weighted by Gasteiger charge is -2.49. The molecule has 25 heteroatoms. The predicted molar refractivity (Wildman–Crippen MR) is 335 cm³/mol. The minimum Gasteiger partial charge on any atom is -0.479 e. The molecule has 3 aliphatic heterocycles. The van der Waals surface area contributed by atoms with E-state index in [4.69, 9.17) is 23.7 Å². The van der Waals surface area contributed by atoms with E-state index in [9.17, 15) is 68.4 Å². The van der Waals surface area contributed by atoms with Crippen molar-refractivity contribution in [3.05, 3.63) is 71.8 Å². The summed E-state index contributed by atoms with van der Waals surface area (Å²) >= 11 is 0. The van der Waals surface area contributed by atoms with Gasteiger partial charge in [0, 0.05) is 85.6 Å². The van der Waals surface area contributed by atoms with Gasteiger partial charge in [-0.05, 0) is 79.0 Å². The van der Waals surface area contributed by atoms with Crippen LogP contribution in [0.5, 0.6) is 5.75 Å². The van der Waals surface area contributed by atoms with Crippen LogP contribution in [0.4, 0.5) is 10.5 Å². The van der Waals surface area contributed by atoms with Crippen molar-refractivity contribution in [2.75, 3.05) is 66.9 Å². The highest BCUT2D eigenvalue weighted by Crippen LogP contribution is 2.41. The summed E-state index contributed by atoms with van der Waals surface area (Å²) in [6.07, 6.45) is -8.30. The van der Waals surface area contributed by atoms with E-state index in [2.05, 4.69) is 10.6 Å². The van der Waals surface area contributed by atoms with Gasteiger partial charge in [0.15, 0.2) is 23.5 Å². The number of hydrogen-bond acceptors (Lipinski definition) is 19. The lowest BCUT2D eigenvalue weighted by Crippen LogP contribution is -2.67. The maximum absolute atomic E-state index is 14.9. The monoisotopic (exact) mass is 1290 g/mol. The molecule has 5 amide bonds. The van der Waals surface area contributed by atoms with E-state index in [1.54, 1.807) is 49.8 Å². The zero-order valence-electron chi connectivity index (χ0n) is 55.3. The maximum atomic E-state index is 14.9. The molecule has 14 atom stereocenters. The number of anilines is 1. The molecule has 92 heavy (non-hydrogen) atoms. The number of carbonyl (C=O) groups excluding carboxylic acids is 9. The molecule has 25 nitrogen and oxygen atoms in total. The normalized spacial score (nSPS) is 23.3. The van der Waals surface area contributed by atoms with Gasteiger partial charge in [-0.1, -0.05) is 98.2 Å². The molecule has 0 spiro atoms. The molecule has 1 unspecified atom stereocenters. The van der Waals surface area contributed by atoms with E-state index < -0.39 is 132 Å². The number of benzene rings is 2. The van der Waals surface area contributed by atoms with Crippen LogP contribution >= 0.6 is 0 Å². The summed E-state index contributed by atoms with van der Waals surface area (Å²) in [6, 6.07) is 11.8. The molecular weight excluding hydrogens is 1190 g/mol. The number of aliphatic hydroxyl groups is 3. The Balaban J connectivity index is 1.13. The van der Waals surface area contributed by atoms with Crippen molar-refractivity contribution in [2.24, 2.45) is 40.9 Å². The topological polar surface area (TPSA) is 335 Å². The number of nitrogens with zero attached hydrogens (tertiary/aromatic N) is 4. The third-order valence-corrected chi connectivity index (χ3v) is 18.9. The molecule has 508 valence electrons. The maximum Gasteiger partial charge on any atom is 0.410 e. The summed E-state index contributed by atoms with van der Waals surface area (Å²) < 4.78 is 29.0. The van der Waals surface area contributed by atoms with Gasteiger partial charge in [0.1, 0.15) is 42.4 Å². The van der Waals surface area contributed by atoms with E-state index >= 15 is 0 Å². The van der Waals surface area contributed by atoms with Crippen molar-refractivity contribution in [3.63, 3.8) is 0 Å². The number of methoxy groups -OCH3 is 2. The van der Waals surface area contributed by atoms with Crippen LogP contribution in [0.1, 0.15) is 117 Å². The van der Waals surface area contributed by atoms with Crippen LogP contribution in [0.15, 0.2) is 60.7 Å². The number of carboxylic acids is 1. The Morgan fingerprint density at radius 3 is 2.03 bits per heavy atom. The van der Waals surface area contributed by atoms with Crippen molar-refractivity contribution in [3.8, 4) is 5.75 Å². The predicted octanol–water partition coefficient (Wildman–Crippen LogP) is 4.17. The second kappa shape index (κ2) is 32.7. The third-order valence-electron chi connectivity index (χ3n) is 18.9. The highest BCUT2D eigenvalue weighted by atomic mass is 16.7. The summed E-state index contributed by atoms with van der Waals surface area (Å²) in [5, 5.41) is 46.6. The van der Waals surface area contributed by atoms with Gasteiger partial charge in [0.25, 0.3) is 0 Å². The Kier molecular flexibility index (Phi) is 26.3. The number of aliphatic carboxylic acids is 1. The third kappa shape index (κ3) is 17.2. The standard InChI is InChI=1S/C67H96N6O19/c1-14-38(6)56(51(88-12)32-53(79)73-28-18-21-45(73)60(89-13)40(8)48(76)29-39(7)42-19-16-15-17-20-42)71(10)62(83)43(36(2)3)31-49(77)55(37(4)5)72(11)66(87)90-33-41-22-25-50(91-64-59(82)57(80)58(81)61(92-64)63(84)85)44(30-41)69-52(78)26-27-68-65(86)67(34-70(9)35-67)54-46(74)23-24-47(54)75/h15-17,19-20,22-25,30,36-40,43,45,51,54-61,64,80-82H,14,18,21,26-29,31-35H2,1-13H3,(H,68,86)(H,69,78)(H,84,85)/t38-,39-,40-,43-,45-,51+,55-,56-,57-,58-,59+,60+,61?,64+/m0/s1. The first-order valence-corrected chi connectivity index (χ1v) is 31.8. The number of hydrogen-bond donors (Lipinski definition) is 6. The molecule has 2 aromatic rings. The fraction of sp³-hybridized carbons (Fsp3) is 0.642. The molecule has 0 aromatic heterocycles. The van der Waals surface area contributed by atoms with Crippen molar-refractivity contribution >= 4 is 64.5 Å². The van der Waals surface area contributed by atoms with Gasteiger partial charge in [-0.15, -0.1) is 0 Å². The van der Waals surface area contributed by atoms with Gasteiger partial charge < -0.3 is 74.3 Å². The molecule has 6 N–H and O–H groups in total. The molecule has 1 aliphatic carbocycles. The van der Waals surface area contributed by atoms with Gasteiger partial charge in [-0.25, -0.2) is 9.59 Å². The largest absolute Gasteiger partial charge is 0.479 e. The summed E-state index contributed by atoms with van der Waals surface area (Å²) in [5.41, 5.74) is -0.180. The fourth-order valence-electron chi connectivity index (χ4n) is 13.6. The SMILES string of the molecule is CC[C@H](C)[C@@H]([C@@H](CC(=O)N1CCC[C@H]1[C@H](OC)[C@@H](C)C(=O)C[C@H](C)c1ccccc1)OC)N(C)C(=O)[C@@H](CC(=O)[C@H](C(C)C)N(C)C(=O)OCc1ccc(O[C@@H]2OC(C(=O)O)[C@@H](O)[C@H](O)[C@H]2O)c(NC(=O)CCNC(=O)C2(C3C(=O)C=CC3=O)CN(C)C2)c1)C(C)C. The molecule has 3 fully saturated rings. The molecule has 0 radical (unpaired) electrons. The number of nitrogens with one attached hydrogen (secondary N) is 2. The Bertz CT molecular complexity index is 2970. The fourth-order valence-corrected chi connectivity index (χ4v) is 13.6. The Labute approximate surface area is 538 Å². The Hall–Kier alpha value is -7.00. The smallest absolute Gasteiger partial charge is 0.410 e. The second-order valence-corrected chi connectivity index (χ2v) is 26.1. The average molecular weight is 1290 g/mol. The number of likely N-dealkylation sites (N-methyl/N-ethyl adjacent to an activating group) is 2. The van der Waals surface area contributed by atoms with Gasteiger partial charge in [0.2, 0.25) is 29.9 Å². The van der Waals surface area contributed by atoms with E-state index in [0.717, 1.165) is 29.0 Å². The molecule has 4 aliphatic rings. The van der Waals surface area contributed by atoms with Crippen LogP contribution in [0.25, 0.3) is 0 Å². The molecular formula is C67H96N6O19. The number of Topliss-reactive ketones (excluding diaryl/α,β-unsaturated/α-hetero) is 2.